The molecule has 168 valence electrons. The van der Waals surface area contributed by atoms with Crippen molar-refractivity contribution < 1.29 is 8.42 Å². The molecule has 6 nitrogen and oxygen atoms in total. The lowest BCUT2D eigenvalue weighted by atomic mass is 9.95. The number of sulfone groups is 1. The molecule has 32 heavy (non-hydrogen) atoms. The van der Waals surface area contributed by atoms with E-state index in [0.717, 1.165) is 36.5 Å². The number of fused-ring (bicyclic) bond motifs is 1. The maximum atomic E-state index is 13.3. The third-order valence-corrected chi connectivity index (χ3v) is 9.02. The number of nitrogens with one attached hydrogen (secondary N) is 2. The van der Waals surface area contributed by atoms with Gasteiger partial charge in [0.15, 0.2) is 5.13 Å². The van der Waals surface area contributed by atoms with Crippen LogP contribution < -0.4 is 10.6 Å². The maximum Gasteiger partial charge on any atom is 0.206 e. The Morgan fingerprint density at radius 2 is 1.59 bits per heavy atom. The molecule has 5 rings (SSSR count). The van der Waals surface area contributed by atoms with Gasteiger partial charge in [-0.05, 0) is 56.7 Å². The Kier molecular flexibility index (Phi) is 6.15. The van der Waals surface area contributed by atoms with E-state index in [2.05, 4.69) is 10.6 Å². The molecule has 2 aliphatic carbocycles. The van der Waals surface area contributed by atoms with Crippen LogP contribution >= 0.6 is 11.3 Å². The molecule has 0 radical (unpaired) electrons. The summed E-state index contributed by atoms with van der Waals surface area (Å²) in [4.78, 5) is 11.3. The van der Waals surface area contributed by atoms with E-state index in [9.17, 15) is 8.42 Å². The first-order valence-electron chi connectivity index (χ1n) is 11.4. The van der Waals surface area contributed by atoms with Crippen LogP contribution in [0.5, 0.6) is 0 Å². The summed E-state index contributed by atoms with van der Waals surface area (Å²) in [7, 11) is -3.66. The van der Waals surface area contributed by atoms with Gasteiger partial charge in [-0.3, -0.25) is 0 Å². The van der Waals surface area contributed by atoms with Gasteiger partial charge in [-0.15, -0.1) is 11.3 Å². The van der Waals surface area contributed by atoms with E-state index in [0.29, 0.717) is 17.7 Å². The number of aryl methyl sites for hydroxylation is 2. The summed E-state index contributed by atoms with van der Waals surface area (Å²) in [6.07, 6.45) is 10.3. The summed E-state index contributed by atoms with van der Waals surface area (Å²) in [6, 6.07) is 12.2. The van der Waals surface area contributed by atoms with Crippen molar-refractivity contribution in [2.45, 2.75) is 73.6 Å². The molecular weight excluding hydrogens is 440 g/mol. The highest BCUT2D eigenvalue weighted by Crippen LogP contribution is 2.33. The SMILES string of the molecule is O=S(=O)(c1ccccc1)c1cc(Nc2nc3c(s2)CCCC3)nc(NC2CCCCC2)c1. The highest BCUT2D eigenvalue weighted by Gasteiger charge is 2.22. The van der Waals surface area contributed by atoms with Gasteiger partial charge in [0.05, 0.1) is 15.5 Å². The fourth-order valence-corrected chi connectivity index (χ4v) is 6.88. The molecule has 1 saturated carbocycles. The molecule has 0 atom stereocenters. The molecule has 2 N–H and O–H groups in total. The first-order valence-corrected chi connectivity index (χ1v) is 13.7. The van der Waals surface area contributed by atoms with Crippen molar-refractivity contribution in [3.05, 3.63) is 53.0 Å². The van der Waals surface area contributed by atoms with Crippen molar-refractivity contribution in [2.24, 2.45) is 0 Å². The topological polar surface area (TPSA) is 84.0 Å². The second-order valence-corrected chi connectivity index (χ2v) is 11.6. The lowest BCUT2D eigenvalue weighted by Crippen LogP contribution is -2.23. The number of thiazole rings is 1. The Labute approximate surface area is 193 Å². The Balaban J connectivity index is 1.49. The summed E-state index contributed by atoms with van der Waals surface area (Å²) in [5.74, 6) is 1.10. The van der Waals surface area contributed by atoms with Crippen molar-refractivity contribution in [2.75, 3.05) is 10.6 Å². The van der Waals surface area contributed by atoms with Gasteiger partial charge in [0, 0.05) is 17.0 Å². The minimum atomic E-state index is -3.66. The Bertz CT molecular complexity index is 1160. The van der Waals surface area contributed by atoms with Gasteiger partial charge >= 0.3 is 0 Å². The second-order valence-electron chi connectivity index (χ2n) is 8.59. The normalized spacial score (nSPS) is 17.0. The monoisotopic (exact) mass is 468 g/mol. The zero-order chi connectivity index (χ0) is 22.0. The van der Waals surface area contributed by atoms with Crippen molar-refractivity contribution in [1.82, 2.24) is 9.97 Å². The zero-order valence-corrected chi connectivity index (χ0v) is 19.6. The van der Waals surface area contributed by atoms with Crippen molar-refractivity contribution >= 4 is 37.9 Å². The number of hydrogen-bond donors (Lipinski definition) is 2. The van der Waals surface area contributed by atoms with Crippen LogP contribution in [-0.2, 0) is 22.7 Å². The van der Waals surface area contributed by atoms with Gasteiger partial charge in [-0.2, -0.15) is 0 Å². The van der Waals surface area contributed by atoms with Crippen LogP contribution in [0.1, 0.15) is 55.5 Å². The zero-order valence-electron chi connectivity index (χ0n) is 18.0. The smallest absolute Gasteiger partial charge is 0.206 e. The maximum absolute atomic E-state index is 13.3. The molecule has 0 saturated heterocycles. The van der Waals surface area contributed by atoms with Crippen LogP contribution in [0.15, 0.2) is 52.3 Å². The van der Waals surface area contributed by atoms with Gasteiger partial charge in [-0.25, -0.2) is 18.4 Å². The standard InChI is InChI=1S/C24H28N4O2S2/c29-32(30,18-11-5-2-6-12-18)19-15-22(25-17-9-3-1-4-10-17)27-23(16-19)28-24-26-20-13-7-8-14-21(20)31-24/h2,5-6,11-12,15-17H,1,3-4,7-10,13-14H2,(H2,25,26,27,28). The quantitative estimate of drug-likeness (QED) is 0.480. The molecule has 8 heteroatoms. The highest BCUT2D eigenvalue weighted by atomic mass is 32.2. The fraction of sp³-hybridized carbons (Fsp3) is 0.417. The number of rotatable bonds is 6. The van der Waals surface area contributed by atoms with E-state index >= 15 is 0 Å². The van der Waals surface area contributed by atoms with Gasteiger partial charge in [0.1, 0.15) is 11.6 Å². The Morgan fingerprint density at radius 1 is 0.844 bits per heavy atom. The van der Waals surface area contributed by atoms with Crippen LogP contribution in [0, 0.1) is 0 Å². The van der Waals surface area contributed by atoms with Crippen LogP contribution in [0.2, 0.25) is 0 Å². The molecule has 1 aromatic carbocycles. The van der Waals surface area contributed by atoms with Crippen molar-refractivity contribution in [3.8, 4) is 0 Å². The van der Waals surface area contributed by atoms with E-state index in [1.807, 2.05) is 6.07 Å². The summed E-state index contributed by atoms with van der Waals surface area (Å²) in [5.41, 5.74) is 1.16. The molecule has 2 aromatic heterocycles. The van der Waals surface area contributed by atoms with E-state index in [1.54, 1.807) is 47.7 Å². The van der Waals surface area contributed by atoms with E-state index in [4.69, 9.17) is 9.97 Å². The molecule has 0 aliphatic heterocycles. The average molecular weight is 469 g/mol. The van der Waals surface area contributed by atoms with Crippen molar-refractivity contribution in [1.29, 1.82) is 0 Å². The summed E-state index contributed by atoms with van der Waals surface area (Å²) < 4.78 is 26.7. The highest BCUT2D eigenvalue weighted by molar-refractivity contribution is 7.91. The minimum Gasteiger partial charge on any atom is -0.367 e. The Hall–Kier alpha value is -2.45. The molecule has 2 heterocycles. The molecule has 0 bridgehead atoms. The van der Waals surface area contributed by atoms with Crippen LogP contribution in [0.25, 0.3) is 0 Å². The lowest BCUT2D eigenvalue weighted by Gasteiger charge is -2.23. The molecule has 3 aromatic rings. The van der Waals surface area contributed by atoms with E-state index in [-0.39, 0.29) is 9.79 Å². The van der Waals surface area contributed by atoms with Crippen LogP contribution in [-0.4, -0.2) is 24.4 Å². The van der Waals surface area contributed by atoms with E-state index < -0.39 is 9.84 Å². The summed E-state index contributed by atoms with van der Waals surface area (Å²) >= 11 is 1.65. The Morgan fingerprint density at radius 3 is 2.38 bits per heavy atom. The third-order valence-electron chi connectivity index (χ3n) is 6.20. The first-order chi connectivity index (χ1) is 15.6. The number of nitrogens with zero attached hydrogens (tertiary/aromatic N) is 2. The minimum absolute atomic E-state index is 0.237. The lowest BCUT2D eigenvalue weighted by molar-refractivity contribution is 0.462. The van der Waals surface area contributed by atoms with Crippen molar-refractivity contribution in [3.63, 3.8) is 0 Å². The second kappa shape index (κ2) is 9.19. The summed E-state index contributed by atoms with van der Waals surface area (Å²) in [6.45, 7) is 0. The van der Waals surface area contributed by atoms with Crippen LogP contribution in [0.4, 0.5) is 16.8 Å². The number of anilines is 3. The number of aromatic nitrogens is 2. The third kappa shape index (κ3) is 4.66. The number of pyridine rings is 1. The summed E-state index contributed by atoms with van der Waals surface area (Å²) in [5, 5.41) is 7.56. The van der Waals surface area contributed by atoms with Gasteiger partial charge < -0.3 is 10.6 Å². The molecule has 0 unspecified atom stereocenters. The molecular formula is C24H28N4O2S2. The molecule has 1 fully saturated rings. The first kappa shape index (κ1) is 21.4. The fourth-order valence-electron chi connectivity index (χ4n) is 4.51. The van der Waals surface area contributed by atoms with Gasteiger partial charge in [0.25, 0.3) is 0 Å². The predicted octanol–water partition coefficient (Wildman–Crippen LogP) is 5.74. The van der Waals surface area contributed by atoms with E-state index in [1.165, 1.54) is 37.0 Å². The van der Waals surface area contributed by atoms with Gasteiger partial charge in [-0.1, -0.05) is 37.5 Å². The number of benzene rings is 1. The molecule has 2 aliphatic rings. The van der Waals surface area contributed by atoms with Crippen LogP contribution in [0.3, 0.4) is 0 Å². The average Bonchev–Trinajstić information content (AvgIpc) is 3.22. The molecule has 0 spiro atoms. The van der Waals surface area contributed by atoms with Gasteiger partial charge in [0.2, 0.25) is 9.84 Å². The number of hydrogen-bond acceptors (Lipinski definition) is 7. The largest absolute Gasteiger partial charge is 0.367 e. The predicted molar refractivity (Wildman–Crippen MR) is 129 cm³/mol. The molecule has 0 amide bonds.